The van der Waals surface area contributed by atoms with Crippen LogP contribution >= 0.6 is 24.0 Å². The van der Waals surface area contributed by atoms with Crippen molar-refractivity contribution in [1.29, 1.82) is 0 Å². The molecular weight excluding hydrogens is 491 g/mol. The number of carbonyl (C=O) groups excluding carboxylic acids is 2. The Morgan fingerprint density at radius 2 is 1.80 bits per heavy atom. The molecular formula is C23H29IN4O2. The summed E-state index contributed by atoms with van der Waals surface area (Å²) >= 11 is 0. The van der Waals surface area contributed by atoms with Crippen LogP contribution in [0.15, 0.2) is 41.4 Å². The van der Waals surface area contributed by atoms with Gasteiger partial charge in [0.2, 0.25) is 11.8 Å². The molecule has 160 valence electrons. The van der Waals surface area contributed by atoms with Crippen molar-refractivity contribution in [2.24, 2.45) is 28.7 Å². The maximum absolute atomic E-state index is 12.7. The molecule has 5 atom stereocenters. The molecule has 1 saturated heterocycles. The van der Waals surface area contributed by atoms with E-state index in [-0.39, 0.29) is 59.5 Å². The molecule has 1 saturated carbocycles. The number of fused-ring (bicyclic) bond motifs is 6. The first kappa shape index (κ1) is 21.3. The first-order valence-electron chi connectivity index (χ1n) is 10.7. The van der Waals surface area contributed by atoms with Gasteiger partial charge in [0.1, 0.15) is 0 Å². The number of halogens is 1. The van der Waals surface area contributed by atoms with E-state index in [4.69, 9.17) is 0 Å². The molecule has 2 amide bonds. The van der Waals surface area contributed by atoms with E-state index in [0.29, 0.717) is 19.0 Å². The molecule has 2 bridgehead atoms. The number of rotatable bonds is 6. The van der Waals surface area contributed by atoms with Crippen LogP contribution in [0.5, 0.6) is 0 Å². The Kier molecular flexibility index (Phi) is 6.18. The number of carbonyl (C=O) groups is 2. The number of nitrogens with one attached hydrogen (secondary N) is 2. The van der Waals surface area contributed by atoms with Crippen LogP contribution in [0, 0.1) is 23.7 Å². The molecule has 0 spiro atoms. The van der Waals surface area contributed by atoms with Gasteiger partial charge in [0.15, 0.2) is 5.96 Å². The number of nitrogens with zero attached hydrogens (tertiary/aromatic N) is 2. The van der Waals surface area contributed by atoms with Crippen LogP contribution in [0.1, 0.15) is 29.9 Å². The number of hydrogen-bond donors (Lipinski definition) is 2. The second-order valence-electron chi connectivity index (χ2n) is 8.66. The highest BCUT2D eigenvalue weighted by atomic mass is 127. The molecule has 1 aromatic carbocycles. The lowest BCUT2D eigenvalue weighted by molar-refractivity contribution is -0.140. The minimum atomic E-state index is -0.0924. The van der Waals surface area contributed by atoms with Crippen LogP contribution in [-0.2, 0) is 16.0 Å². The van der Waals surface area contributed by atoms with Crippen LogP contribution in [-0.4, -0.2) is 49.4 Å². The van der Waals surface area contributed by atoms with Gasteiger partial charge in [-0.1, -0.05) is 36.4 Å². The summed E-state index contributed by atoms with van der Waals surface area (Å²) in [6, 6.07) is 8.57. The van der Waals surface area contributed by atoms with Crippen molar-refractivity contribution in [1.82, 2.24) is 15.5 Å². The van der Waals surface area contributed by atoms with Crippen LogP contribution < -0.4 is 10.6 Å². The number of amides is 2. The molecule has 5 rings (SSSR count). The highest BCUT2D eigenvalue weighted by molar-refractivity contribution is 14.0. The fourth-order valence-electron chi connectivity index (χ4n) is 5.61. The number of guanidine groups is 1. The molecule has 0 aromatic heterocycles. The Bertz CT molecular complexity index is 869. The second-order valence-corrected chi connectivity index (χ2v) is 8.66. The zero-order valence-corrected chi connectivity index (χ0v) is 19.5. The third-order valence-electron chi connectivity index (χ3n) is 7.11. The molecule has 7 heteroatoms. The summed E-state index contributed by atoms with van der Waals surface area (Å²) in [6.45, 7) is 2.03. The van der Waals surface area contributed by atoms with E-state index in [2.05, 4.69) is 52.0 Å². The van der Waals surface area contributed by atoms with Crippen LogP contribution in [0.4, 0.5) is 0 Å². The van der Waals surface area contributed by atoms with E-state index in [0.717, 1.165) is 31.8 Å². The fraction of sp³-hybridized carbons (Fsp3) is 0.522. The zero-order valence-electron chi connectivity index (χ0n) is 17.2. The van der Waals surface area contributed by atoms with E-state index >= 15 is 0 Å². The SMILES string of the molecule is CN=C(NCCCN1C(=O)C2C3C=CC(C3)C2C1=O)NCC1Cc2ccccc21.I. The predicted octanol–water partition coefficient (Wildman–Crippen LogP) is 2.31. The summed E-state index contributed by atoms with van der Waals surface area (Å²) in [5.41, 5.74) is 2.87. The van der Waals surface area contributed by atoms with Crippen molar-refractivity contribution >= 4 is 41.8 Å². The lowest BCUT2D eigenvalue weighted by atomic mass is 9.78. The van der Waals surface area contributed by atoms with Crippen LogP contribution in [0.25, 0.3) is 0 Å². The first-order valence-corrected chi connectivity index (χ1v) is 10.7. The number of likely N-dealkylation sites (tertiary alicyclic amines) is 1. The molecule has 2 fully saturated rings. The minimum absolute atomic E-state index is 0. The van der Waals surface area contributed by atoms with Crippen molar-refractivity contribution in [3.05, 3.63) is 47.5 Å². The Morgan fingerprint density at radius 1 is 1.10 bits per heavy atom. The molecule has 0 radical (unpaired) electrons. The molecule has 1 aliphatic heterocycles. The number of hydrogen-bond acceptors (Lipinski definition) is 3. The molecule has 1 aromatic rings. The summed E-state index contributed by atoms with van der Waals surface area (Å²) in [5.74, 6) is 1.77. The Morgan fingerprint density at radius 3 is 2.47 bits per heavy atom. The van der Waals surface area contributed by atoms with Crippen LogP contribution in [0.2, 0.25) is 0 Å². The quantitative estimate of drug-likeness (QED) is 0.151. The van der Waals surface area contributed by atoms with Crippen molar-refractivity contribution in [2.45, 2.75) is 25.2 Å². The smallest absolute Gasteiger partial charge is 0.233 e. The van der Waals surface area contributed by atoms with E-state index in [1.54, 1.807) is 7.05 Å². The third-order valence-corrected chi connectivity index (χ3v) is 7.11. The topological polar surface area (TPSA) is 73.8 Å². The normalized spacial score (nSPS) is 30.6. The molecule has 5 unspecified atom stereocenters. The maximum atomic E-state index is 12.7. The molecule has 1 heterocycles. The van der Waals surface area contributed by atoms with Crippen molar-refractivity contribution in [3.8, 4) is 0 Å². The van der Waals surface area contributed by atoms with Crippen LogP contribution in [0.3, 0.4) is 0 Å². The minimum Gasteiger partial charge on any atom is -0.356 e. The van der Waals surface area contributed by atoms with E-state index in [1.165, 1.54) is 16.0 Å². The highest BCUT2D eigenvalue weighted by Crippen LogP contribution is 2.52. The van der Waals surface area contributed by atoms with E-state index in [1.807, 2.05) is 0 Å². The van der Waals surface area contributed by atoms with Crippen molar-refractivity contribution in [2.75, 3.05) is 26.7 Å². The first-order chi connectivity index (χ1) is 14.2. The number of aliphatic imine (C=N–C) groups is 1. The lowest BCUT2D eigenvalue weighted by Crippen LogP contribution is -2.42. The van der Waals surface area contributed by atoms with Gasteiger partial charge in [-0.25, -0.2) is 0 Å². The monoisotopic (exact) mass is 520 g/mol. The molecule has 2 N–H and O–H groups in total. The number of allylic oxidation sites excluding steroid dienone is 2. The van der Waals surface area contributed by atoms with E-state index < -0.39 is 0 Å². The lowest BCUT2D eigenvalue weighted by Gasteiger charge is -2.30. The summed E-state index contributed by atoms with van der Waals surface area (Å²) in [4.78, 5) is 31.2. The summed E-state index contributed by atoms with van der Waals surface area (Å²) in [7, 11) is 1.77. The van der Waals surface area contributed by atoms with Gasteiger partial charge in [-0.05, 0) is 42.2 Å². The number of imide groups is 1. The summed E-state index contributed by atoms with van der Waals surface area (Å²) in [6.07, 6.45) is 7.09. The van der Waals surface area contributed by atoms with Gasteiger partial charge < -0.3 is 10.6 Å². The second kappa shape index (κ2) is 8.69. The molecule has 6 nitrogen and oxygen atoms in total. The Hall–Kier alpha value is -1.90. The predicted molar refractivity (Wildman–Crippen MR) is 127 cm³/mol. The standard InChI is InChI=1S/C23H28N4O2.HI/c1-24-23(26-13-17-11-14-5-2-3-6-18(14)17)25-9-4-10-27-21(28)19-15-7-8-16(12-15)20(19)22(27)29;/h2-3,5-8,15-17,19-20H,4,9-13H2,1H3,(H2,24,25,26);1H. The zero-order chi connectivity index (χ0) is 20.0. The average molecular weight is 520 g/mol. The summed E-state index contributed by atoms with van der Waals surface area (Å²) in [5, 5.41) is 6.70. The fourth-order valence-corrected chi connectivity index (χ4v) is 5.61. The molecule has 3 aliphatic carbocycles. The Balaban J connectivity index is 0.00000218. The Labute approximate surface area is 194 Å². The average Bonchev–Trinajstić information content (AvgIpc) is 3.39. The van der Waals surface area contributed by atoms with Gasteiger partial charge in [-0.15, -0.1) is 24.0 Å². The number of benzene rings is 1. The van der Waals surface area contributed by atoms with Gasteiger partial charge >= 0.3 is 0 Å². The molecule has 4 aliphatic rings. The third kappa shape index (κ3) is 3.55. The van der Waals surface area contributed by atoms with Gasteiger partial charge in [0.25, 0.3) is 0 Å². The maximum Gasteiger partial charge on any atom is 0.233 e. The molecule has 30 heavy (non-hydrogen) atoms. The van der Waals surface area contributed by atoms with Gasteiger partial charge in [0.05, 0.1) is 11.8 Å². The highest BCUT2D eigenvalue weighted by Gasteiger charge is 2.58. The van der Waals surface area contributed by atoms with Crippen molar-refractivity contribution in [3.63, 3.8) is 0 Å². The van der Waals surface area contributed by atoms with Gasteiger partial charge in [-0.2, -0.15) is 0 Å². The van der Waals surface area contributed by atoms with E-state index in [9.17, 15) is 9.59 Å². The largest absolute Gasteiger partial charge is 0.356 e. The summed E-state index contributed by atoms with van der Waals surface area (Å²) < 4.78 is 0. The van der Waals surface area contributed by atoms with Gasteiger partial charge in [-0.3, -0.25) is 19.5 Å². The van der Waals surface area contributed by atoms with Crippen molar-refractivity contribution < 1.29 is 9.59 Å². The van der Waals surface area contributed by atoms with Gasteiger partial charge in [0, 0.05) is 32.6 Å².